The number of aliphatic hydroxyl groups is 1. The van der Waals surface area contributed by atoms with E-state index in [0.29, 0.717) is 18.9 Å². The summed E-state index contributed by atoms with van der Waals surface area (Å²) in [5.41, 5.74) is 6.24. The van der Waals surface area contributed by atoms with E-state index in [-0.39, 0.29) is 12.1 Å². The number of hydrogen-bond donors (Lipinski definition) is 3. The fourth-order valence-electron chi connectivity index (χ4n) is 4.85. The molecule has 102 valence electrons. The zero-order chi connectivity index (χ0) is 12.6. The first-order chi connectivity index (χ1) is 8.69. The van der Waals surface area contributed by atoms with Gasteiger partial charge >= 0.3 is 0 Å². The molecule has 0 saturated heterocycles. The average molecular weight is 251 g/mol. The molecular formula is C14H25N3O. The molecule has 0 aromatic rings. The Morgan fingerprint density at radius 1 is 1.17 bits per heavy atom. The number of nitrogens with two attached hydrogens (primary N) is 1. The number of nitrogens with one attached hydrogen (secondary N) is 1. The van der Waals surface area contributed by atoms with Crippen LogP contribution in [-0.2, 0) is 0 Å². The maximum atomic E-state index is 8.75. The van der Waals surface area contributed by atoms with Crippen molar-refractivity contribution >= 4 is 5.96 Å². The van der Waals surface area contributed by atoms with Crippen molar-refractivity contribution in [2.75, 3.05) is 13.2 Å². The zero-order valence-electron chi connectivity index (χ0n) is 11.1. The second-order valence-corrected chi connectivity index (χ2v) is 6.67. The molecule has 0 unspecified atom stereocenters. The normalized spacial score (nSPS) is 42.3. The van der Waals surface area contributed by atoms with Crippen LogP contribution in [0.1, 0.15) is 44.9 Å². The van der Waals surface area contributed by atoms with Crippen LogP contribution in [0.5, 0.6) is 0 Å². The lowest BCUT2D eigenvalue weighted by molar-refractivity contribution is -0.0102. The Kier molecular flexibility index (Phi) is 3.22. The summed E-state index contributed by atoms with van der Waals surface area (Å²) in [4.78, 5) is 4.31. The van der Waals surface area contributed by atoms with Gasteiger partial charge in [0.1, 0.15) is 0 Å². The van der Waals surface area contributed by atoms with Crippen LogP contribution in [0.4, 0.5) is 0 Å². The fraction of sp³-hybridized carbons (Fsp3) is 0.929. The summed E-state index contributed by atoms with van der Waals surface area (Å²) in [5, 5.41) is 12.3. The first-order valence-corrected chi connectivity index (χ1v) is 7.38. The molecule has 4 nitrogen and oxygen atoms in total. The smallest absolute Gasteiger partial charge is 0.189 e. The van der Waals surface area contributed by atoms with Crippen molar-refractivity contribution in [3.8, 4) is 0 Å². The van der Waals surface area contributed by atoms with Gasteiger partial charge in [0.25, 0.3) is 0 Å². The molecule has 0 heterocycles. The molecule has 4 rings (SSSR count). The van der Waals surface area contributed by atoms with E-state index in [9.17, 15) is 0 Å². The molecule has 4 bridgehead atoms. The Labute approximate surface area is 109 Å². The van der Waals surface area contributed by atoms with Gasteiger partial charge in [0.15, 0.2) is 5.96 Å². The third kappa shape index (κ3) is 2.35. The lowest BCUT2D eigenvalue weighted by atomic mass is 9.53. The Bertz CT molecular complexity index is 305. The molecule has 4 fully saturated rings. The van der Waals surface area contributed by atoms with E-state index in [2.05, 4.69) is 10.3 Å². The highest BCUT2D eigenvalue weighted by Crippen LogP contribution is 2.55. The first kappa shape index (κ1) is 12.3. The molecule has 0 aromatic carbocycles. The van der Waals surface area contributed by atoms with Crippen LogP contribution in [0.3, 0.4) is 0 Å². The second-order valence-electron chi connectivity index (χ2n) is 6.67. The lowest BCUT2D eigenvalue weighted by Gasteiger charge is -2.57. The van der Waals surface area contributed by atoms with Gasteiger partial charge in [0.05, 0.1) is 0 Å². The monoisotopic (exact) mass is 251 g/mol. The highest BCUT2D eigenvalue weighted by atomic mass is 16.3. The van der Waals surface area contributed by atoms with E-state index in [1.165, 1.54) is 38.5 Å². The standard InChI is InChI=1S/C14H25N3O/c15-13(16-2-1-3-18)17-14-7-10-4-11(8-14)6-12(5-10)9-14/h10-12,18H,1-9H2,(H3,15,16,17). The van der Waals surface area contributed by atoms with E-state index in [0.717, 1.165) is 17.8 Å². The topological polar surface area (TPSA) is 70.6 Å². The molecular weight excluding hydrogens is 226 g/mol. The molecule has 4 heteroatoms. The number of aliphatic hydroxyl groups excluding tert-OH is 1. The molecule has 0 amide bonds. The van der Waals surface area contributed by atoms with Gasteiger partial charge in [-0.3, -0.25) is 4.99 Å². The maximum absolute atomic E-state index is 8.75. The summed E-state index contributed by atoms with van der Waals surface area (Å²) in [6.45, 7) is 0.815. The van der Waals surface area contributed by atoms with Gasteiger partial charge in [0, 0.05) is 18.7 Å². The van der Waals surface area contributed by atoms with Crippen LogP contribution < -0.4 is 11.1 Å². The summed E-state index contributed by atoms with van der Waals surface area (Å²) < 4.78 is 0. The Morgan fingerprint density at radius 2 is 1.72 bits per heavy atom. The first-order valence-electron chi connectivity index (χ1n) is 7.38. The molecule has 4 N–H and O–H groups in total. The molecule has 4 aliphatic carbocycles. The van der Waals surface area contributed by atoms with Gasteiger partial charge in [-0.25, -0.2) is 0 Å². The van der Waals surface area contributed by atoms with Gasteiger partial charge in [-0.1, -0.05) is 0 Å². The molecule has 4 aliphatic rings. The highest BCUT2D eigenvalue weighted by Gasteiger charge is 2.51. The third-order valence-electron chi connectivity index (χ3n) is 5.03. The molecule has 4 saturated carbocycles. The Morgan fingerprint density at radius 3 is 2.22 bits per heavy atom. The summed E-state index contributed by atoms with van der Waals surface area (Å²) in [5.74, 6) is 3.36. The lowest BCUT2D eigenvalue weighted by Crippen LogP contribution is -2.61. The van der Waals surface area contributed by atoms with Crippen LogP contribution in [0.25, 0.3) is 0 Å². The zero-order valence-corrected chi connectivity index (χ0v) is 11.1. The number of nitrogens with zero attached hydrogens (tertiary/aromatic N) is 1. The summed E-state index contributed by atoms with van der Waals surface area (Å²) in [6, 6.07) is 0. The van der Waals surface area contributed by atoms with Crippen LogP contribution >= 0.6 is 0 Å². The SMILES string of the molecule is NC(=NCCCO)NC12CC3CC(CC(C3)C1)C2. The van der Waals surface area contributed by atoms with Crippen LogP contribution in [0.15, 0.2) is 4.99 Å². The maximum Gasteiger partial charge on any atom is 0.189 e. The minimum Gasteiger partial charge on any atom is -0.396 e. The Balaban J connectivity index is 1.63. The average Bonchev–Trinajstić information content (AvgIpc) is 2.26. The highest BCUT2D eigenvalue weighted by molar-refractivity contribution is 5.78. The molecule has 0 spiro atoms. The molecule has 0 aliphatic heterocycles. The quantitative estimate of drug-likeness (QED) is 0.400. The number of rotatable bonds is 4. The fourth-order valence-corrected chi connectivity index (χ4v) is 4.85. The molecule has 0 atom stereocenters. The van der Waals surface area contributed by atoms with Crippen molar-refractivity contribution in [3.63, 3.8) is 0 Å². The predicted octanol–water partition coefficient (Wildman–Crippen LogP) is 1.24. The van der Waals surface area contributed by atoms with E-state index in [4.69, 9.17) is 10.8 Å². The van der Waals surface area contributed by atoms with E-state index < -0.39 is 0 Å². The van der Waals surface area contributed by atoms with Crippen molar-refractivity contribution in [1.82, 2.24) is 5.32 Å². The Hall–Kier alpha value is -0.770. The summed E-state index contributed by atoms with van der Waals surface area (Å²) >= 11 is 0. The van der Waals surface area contributed by atoms with Gasteiger partial charge in [-0.2, -0.15) is 0 Å². The minimum absolute atomic E-state index is 0.189. The minimum atomic E-state index is 0.189. The van der Waals surface area contributed by atoms with Crippen LogP contribution in [-0.4, -0.2) is 29.8 Å². The van der Waals surface area contributed by atoms with Crippen molar-refractivity contribution in [2.45, 2.75) is 50.5 Å². The number of aliphatic imine (C=N–C) groups is 1. The predicted molar refractivity (Wildman–Crippen MR) is 72.2 cm³/mol. The van der Waals surface area contributed by atoms with E-state index >= 15 is 0 Å². The van der Waals surface area contributed by atoms with E-state index in [1.807, 2.05) is 0 Å². The number of guanidine groups is 1. The molecule has 0 radical (unpaired) electrons. The van der Waals surface area contributed by atoms with Gasteiger partial charge in [-0.15, -0.1) is 0 Å². The van der Waals surface area contributed by atoms with Crippen molar-refractivity contribution in [1.29, 1.82) is 0 Å². The van der Waals surface area contributed by atoms with Crippen molar-refractivity contribution in [3.05, 3.63) is 0 Å². The largest absolute Gasteiger partial charge is 0.396 e. The van der Waals surface area contributed by atoms with Crippen molar-refractivity contribution in [2.24, 2.45) is 28.5 Å². The van der Waals surface area contributed by atoms with Gasteiger partial charge in [-0.05, 0) is 62.7 Å². The van der Waals surface area contributed by atoms with Gasteiger partial charge in [0.2, 0.25) is 0 Å². The summed E-state index contributed by atoms with van der Waals surface area (Å²) in [6.07, 6.45) is 8.90. The molecule has 0 aromatic heterocycles. The van der Waals surface area contributed by atoms with Crippen LogP contribution in [0.2, 0.25) is 0 Å². The molecule has 18 heavy (non-hydrogen) atoms. The van der Waals surface area contributed by atoms with Crippen LogP contribution in [0, 0.1) is 17.8 Å². The second kappa shape index (κ2) is 4.72. The van der Waals surface area contributed by atoms with Gasteiger partial charge < -0.3 is 16.2 Å². The summed E-state index contributed by atoms with van der Waals surface area (Å²) in [7, 11) is 0. The number of hydrogen-bond acceptors (Lipinski definition) is 2. The van der Waals surface area contributed by atoms with Crippen molar-refractivity contribution < 1.29 is 5.11 Å². The van der Waals surface area contributed by atoms with E-state index in [1.54, 1.807) is 0 Å². The third-order valence-corrected chi connectivity index (χ3v) is 5.03.